The van der Waals surface area contributed by atoms with E-state index < -0.39 is 31.6 Å². The van der Waals surface area contributed by atoms with Crippen molar-refractivity contribution in [2.24, 2.45) is 5.92 Å². The number of aliphatic hydroxyl groups excluding tert-OH is 1. The molecule has 4 atom stereocenters. The van der Waals surface area contributed by atoms with Gasteiger partial charge in [-0.2, -0.15) is 0 Å². The van der Waals surface area contributed by atoms with E-state index in [1.165, 1.54) is 0 Å². The van der Waals surface area contributed by atoms with E-state index in [4.69, 9.17) is 22.1 Å². The van der Waals surface area contributed by atoms with Gasteiger partial charge in [-0.1, -0.05) is 35.9 Å². The van der Waals surface area contributed by atoms with E-state index in [0.717, 1.165) is 5.56 Å². The second-order valence-corrected chi connectivity index (χ2v) is 17.1. The number of nitrogens with zero attached hydrogens (tertiary/aromatic N) is 4. The molecular formula is C34H38ClFN6O4Si. The quantitative estimate of drug-likeness (QED) is 0.111. The zero-order chi connectivity index (χ0) is 33.5. The number of aromatic nitrogens is 3. The SMILES string of the molecule is C[C@@H]1[C@@H]([Si](C)(C)F)[C@H](CCn2cc(CCO)nn2)O[C@@]12C(=O)N(Cc1ccc(NC(=O)c3ccc(N)cc3)cc1)c1ccc(Cl)cc12. The molecule has 2 aliphatic heterocycles. The molecule has 2 amide bonds. The molecule has 1 aromatic heterocycles. The van der Waals surface area contributed by atoms with Crippen LogP contribution in [0.4, 0.5) is 21.2 Å². The van der Waals surface area contributed by atoms with E-state index in [2.05, 4.69) is 15.6 Å². The van der Waals surface area contributed by atoms with Gasteiger partial charge >= 0.3 is 0 Å². The standard InChI is InChI=1S/C34H38ClFN6O4Si/c1-21-31(47(2,3)36)30(14-16-41-20-27(15-17-43)39-40-41)46-34(21)28-18-24(35)8-13-29(28)42(33(34)45)19-22-4-11-26(12-5-22)38-32(44)23-6-9-25(37)10-7-23/h4-13,18,20-21,30-31,43H,14-17,19,37H2,1-3H3,(H,38,44)/t21-,30+,31-,34+/m1/s1. The Morgan fingerprint density at radius 3 is 2.55 bits per heavy atom. The summed E-state index contributed by atoms with van der Waals surface area (Å²) in [5.74, 6) is -0.967. The second kappa shape index (κ2) is 12.8. The van der Waals surface area contributed by atoms with Gasteiger partial charge in [0.15, 0.2) is 5.60 Å². The minimum Gasteiger partial charge on any atom is -0.399 e. The van der Waals surface area contributed by atoms with Crippen molar-refractivity contribution in [2.75, 3.05) is 22.6 Å². The number of nitrogens with one attached hydrogen (secondary N) is 1. The molecule has 1 fully saturated rings. The lowest BCUT2D eigenvalue weighted by atomic mass is 9.82. The molecule has 4 N–H and O–H groups in total. The van der Waals surface area contributed by atoms with Crippen molar-refractivity contribution in [1.82, 2.24) is 15.0 Å². The summed E-state index contributed by atoms with van der Waals surface area (Å²) < 4.78 is 24.6. The van der Waals surface area contributed by atoms with Gasteiger partial charge in [-0.25, -0.2) is 0 Å². The Bertz CT molecular complexity index is 1780. The van der Waals surface area contributed by atoms with Crippen LogP contribution in [0.1, 0.15) is 40.5 Å². The van der Waals surface area contributed by atoms with E-state index >= 15 is 4.11 Å². The zero-order valence-electron chi connectivity index (χ0n) is 26.5. The first-order chi connectivity index (χ1) is 22.4. The predicted molar refractivity (Wildman–Crippen MR) is 181 cm³/mol. The lowest BCUT2D eigenvalue weighted by molar-refractivity contribution is -0.146. The number of carbonyl (C=O) groups excluding carboxylic acids is 2. The molecule has 2 aliphatic rings. The van der Waals surface area contributed by atoms with Crippen LogP contribution in [0.15, 0.2) is 72.9 Å². The highest BCUT2D eigenvalue weighted by Crippen LogP contribution is 2.60. The molecule has 1 saturated heterocycles. The third-order valence-electron chi connectivity index (χ3n) is 9.24. The number of fused-ring (bicyclic) bond motifs is 2. The smallest absolute Gasteiger partial charge is 0.264 e. The van der Waals surface area contributed by atoms with Crippen LogP contribution >= 0.6 is 11.6 Å². The number of carbonyl (C=O) groups is 2. The Morgan fingerprint density at radius 1 is 1.15 bits per heavy atom. The lowest BCUT2D eigenvalue weighted by Crippen LogP contribution is -2.45. The second-order valence-electron chi connectivity index (χ2n) is 12.8. The first-order valence-corrected chi connectivity index (χ1v) is 19.0. The molecule has 0 unspecified atom stereocenters. The fourth-order valence-electron chi connectivity index (χ4n) is 7.10. The van der Waals surface area contributed by atoms with E-state index in [1.54, 1.807) is 77.4 Å². The van der Waals surface area contributed by atoms with E-state index in [0.29, 0.717) is 58.3 Å². The Labute approximate surface area is 278 Å². The molecule has 0 aliphatic carbocycles. The largest absolute Gasteiger partial charge is 0.399 e. The minimum atomic E-state index is -3.35. The molecule has 4 aromatic rings. The highest BCUT2D eigenvalue weighted by Gasteiger charge is 2.66. The number of amides is 2. The molecule has 6 rings (SSSR count). The molecule has 0 radical (unpaired) electrons. The van der Waals surface area contributed by atoms with Gasteiger partial charge in [-0.3, -0.25) is 14.3 Å². The van der Waals surface area contributed by atoms with Crippen molar-refractivity contribution in [3.63, 3.8) is 0 Å². The fourth-order valence-corrected chi connectivity index (χ4v) is 9.81. The normalized spacial score (nSPS) is 22.2. The summed E-state index contributed by atoms with van der Waals surface area (Å²) in [4.78, 5) is 29.0. The molecule has 3 aromatic carbocycles. The van der Waals surface area contributed by atoms with Crippen LogP contribution in [0.5, 0.6) is 0 Å². The van der Waals surface area contributed by atoms with Gasteiger partial charge in [0.25, 0.3) is 11.8 Å². The van der Waals surface area contributed by atoms with E-state index in [9.17, 15) is 14.7 Å². The van der Waals surface area contributed by atoms with Crippen molar-refractivity contribution in [3.8, 4) is 0 Å². The molecule has 13 heteroatoms. The van der Waals surface area contributed by atoms with Crippen molar-refractivity contribution < 1.29 is 23.5 Å². The number of rotatable bonds is 10. The van der Waals surface area contributed by atoms with E-state index in [-0.39, 0.29) is 25.0 Å². The third kappa shape index (κ3) is 6.30. The highest BCUT2D eigenvalue weighted by atomic mass is 35.5. The number of nitrogen functional groups attached to an aromatic ring is 1. The fraction of sp³-hybridized carbons (Fsp3) is 0.353. The maximum absolute atomic E-state index is 16.2. The Kier molecular flexibility index (Phi) is 8.96. The lowest BCUT2D eigenvalue weighted by Gasteiger charge is -2.31. The molecule has 47 heavy (non-hydrogen) atoms. The molecule has 1 spiro atoms. The summed E-state index contributed by atoms with van der Waals surface area (Å²) >= 11 is 6.50. The highest BCUT2D eigenvalue weighted by molar-refractivity contribution is 6.72. The van der Waals surface area contributed by atoms with Gasteiger partial charge in [0, 0.05) is 64.8 Å². The maximum atomic E-state index is 16.2. The Morgan fingerprint density at radius 2 is 1.87 bits per heavy atom. The first-order valence-electron chi connectivity index (χ1n) is 15.6. The number of benzene rings is 3. The Balaban J connectivity index is 1.25. The van der Waals surface area contributed by atoms with Gasteiger partial charge in [0.2, 0.25) is 8.41 Å². The molecule has 0 saturated carbocycles. The van der Waals surface area contributed by atoms with Crippen molar-refractivity contribution in [1.29, 1.82) is 0 Å². The van der Waals surface area contributed by atoms with Gasteiger partial charge in [0.1, 0.15) is 0 Å². The van der Waals surface area contributed by atoms with Gasteiger partial charge in [-0.05, 0) is 79.7 Å². The van der Waals surface area contributed by atoms with Crippen LogP contribution in [-0.4, -0.2) is 53.0 Å². The van der Waals surface area contributed by atoms with Crippen LogP contribution in [0.2, 0.25) is 23.7 Å². The number of aryl methyl sites for hydroxylation is 1. The van der Waals surface area contributed by atoms with Crippen LogP contribution in [-0.2, 0) is 34.6 Å². The van der Waals surface area contributed by atoms with Gasteiger partial charge in [0.05, 0.1) is 24.0 Å². The molecule has 3 heterocycles. The van der Waals surface area contributed by atoms with Crippen molar-refractivity contribution in [2.45, 2.75) is 63.2 Å². The molecule has 0 bridgehead atoms. The minimum absolute atomic E-state index is 0.0278. The maximum Gasteiger partial charge on any atom is 0.264 e. The van der Waals surface area contributed by atoms with Crippen molar-refractivity contribution in [3.05, 3.63) is 100 Å². The zero-order valence-corrected chi connectivity index (χ0v) is 28.2. The molecule has 10 nitrogen and oxygen atoms in total. The third-order valence-corrected chi connectivity index (χ3v) is 11.9. The van der Waals surface area contributed by atoms with Crippen LogP contribution in [0.25, 0.3) is 0 Å². The summed E-state index contributed by atoms with van der Waals surface area (Å²) in [6, 6.07) is 19.3. The number of hydrogen-bond acceptors (Lipinski definition) is 7. The van der Waals surface area contributed by atoms with Crippen LogP contribution < -0.4 is 16.0 Å². The summed E-state index contributed by atoms with van der Waals surface area (Å²) in [5, 5.41) is 20.8. The molecular weight excluding hydrogens is 639 g/mol. The number of aliphatic hydroxyl groups is 1. The first kappa shape index (κ1) is 32.8. The number of halogens is 2. The average Bonchev–Trinajstić information content (AvgIpc) is 3.67. The topological polar surface area (TPSA) is 136 Å². The number of ether oxygens (including phenoxy) is 1. The monoisotopic (exact) mass is 676 g/mol. The number of nitrogens with two attached hydrogens (primary N) is 1. The summed E-state index contributed by atoms with van der Waals surface area (Å²) in [7, 11) is -3.35. The summed E-state index contributed by atoms with van der Waals surface area (Å²) in [6.45, 7) is 5.90. The Hall–Kier alpha value is -4.10. The van der Waals surface area contributed by atoms with Crippen LogP contribution in [0.3, 0.4) is 0 Å². The van der Waals surface area contributed by atoms with Crippen LogP contribution in [0, 0.1) is 5.92 Å². The van der Waals surface area contributed by atoms with Crippen molar-refractivity contribution >= 4 is 48.9 Å². The summed E-state index contributed by atoms with van der Waals surface area (Å²) in [5.41, 5.74) is 8.36. The van der Waals surface area contributed by atoms with Gasteiger partial charge in [-0.15, -0.1) is 5.10 Å². The summed E-state index contributed by atoms with van der Waals surface area (Å²) in [6.07, 6.45) is 2.06. The number of anilines is 3. The van der Waals surface area contributed by atoms with Gasteiger partial charge < -0.3 is 29.9 Å². The molecule has 246 valence electrons. The predicted octanol–water partition coefficient (Wildman–Crippen LogP) is 5.71. The average molecular weight is 677 g/mol. The number of hydrogen-bond donors (Lipinski definition) is 3. The van der Waals surface area contributed by atoms with E-state index in [1.807, 2.05) is 25.1 Å².